The van der Waals surface area contributed by atoms with Gasteiger partial charge in [0.2, 0.25) is 0 Å². The fraction of sp³-hybridized carbons (Fsp3) is 0.769. The first-order valence-corrected chi connectivity index (χ1v) is 6.68. The number of hydrogen-bond donors (Lipinski definition) is 2. The number of nitrogens with zero attached hydrogens (tertiary/aromatic N) is 1. The minimum absolute atomic E-state index is 0.212. The van der Waals surface area contributed by atoms with E-state index in [0.717, 1.165) is 19.3 Å². The molecule has 1 fully saturated rings. The van der Waals surface area contributed by atoms with Crippen molar-refractivity contribution in [3.05, 3.63) is 0 Å². The minimum Gasteiger partial charge on any atom is -0.480 e. The molecule has 3 amide bonds. The van der Waals surface area contributed by atoms with Gasteiger partial charge in [0.15, 0.2) is 0 Å². The number of carboxylic acid groups (broad SMARTS) is 1. The molecule has 1 heterocycles. The van der Waals surface area contributed by atoms with E-state index in [1.807, 2.05) is 0 Å². The Morgan fingerprint density at radius 2 is 1.90 bits per heavy atom. The lowest BCUT2D eigenvalue weighted by molar-refractivity contribution is -0.143. The van der Waals surface area contributed by atoms with Gasteiger partial charge in [-0.1, -0.05) is 13.8 Å². The highest BCUT2D eigenvalue weighted by Gasteiger charge is 2.26. The number of likely N-dealkylation sites (tertiary alicyclic amines) is 1. The highest BCUT2D eigenvalue weighted by Crippen LogP contribution is 2.29. The van der Waals surface area contributed by atoms with Crippen LogP contribution in [0.5, 0.6) is 0 Å². The fourth-order valence-electron chi connectivity index (χ4n) is 2.09. The summed E-state index contributed by atoms with van der Waals surface area (Å²) in [6, 6.07) is -0.438. The van der Waals surface area contributed by atoms with Gasteiger partial charge in [0, 0.05) is 13.1 Å². The first kappa shape index (κ1) is 16.4. The molecule has 0 atom stereocenters. The molecule has 1 aliphatic heterocycles. The standard InChI is InChI=1S/C13H22N2O5/c1-13(2)4-3-6-15(7-5-13)12(19)14-10(16)8-20-9-11(17)18/h3-9H2,1-2H3,(H,17,18)(H,14,16,19). The van der Waals surface area contributed by atoms with Gasteiger partial charge in [0.25, 0.3) is 5.91 Å². The number of urea groups is 1. The number of carboxylic acids is 1. The number of rotatable bonds is 4. The Balaban J connectivity index is 2.34. The summed E-state index contributed by atoms with van der Waals surface area (Å²) in [6.07, 6.45) is 2.85. The van der Waals surface area contributed by atoms with E-state index in [-0.39, 0.29) is 5.41 Å². The SMILES string of the molecule is CC1(C)CCCN(C(=O)NC(=O)COCC(=O)O)CC1. The molecule has 0 radical (unpaired) electrons. The van der Waals surface area contributed by atoms with Crippen molar-refractivity contribution < 1.29 is 24.2 Å². The Hall–Kier alpha value is -1.63. The largest absolute Gasteiger partial charge is 0.480 e. The molecule has 0 aliphatic carbocycles. The molecular formula is C13H22N2O5. The molecule has 0 aromatic carbocycles. The molecular weight excluding hydrogens is 264 g/mol. The number of nitrogens with one attached hydrogen (secondary N) is 1. The third-order valence-electron chi connectivity index (χ3n) is 3.33. The second-order valence-electron chi connectivity index (χ2n) is 5.74. The predicted octanol–water partition coefficient (Wildman–Crippen LogP) is 0.836. The maximum atomic E-state index is 11.9. The Labute approximate surface area is 118 Å². The van der Waals surface area contributed by atoms with Crippen molar-refractivity contribution in [1.82, 2.24) is 10.2 Å². The molecule has 0 saturated carbocycles. The van der Waals surface area contributed by atoms with Crippen molar-refractivity contribution in [3.63, 3.8) is 0 Å². The van der Waals surface area contributed by atoms with Crippen LogP contribution in [0.3, 0.4) is 0 Å². The molecule has 0 spiro atoms. The molecule has 1 rings (SSSR count). The zero-order valence-electron chi connectivity index (χ0n) is 12.0. The van der Waals surface area contributed by atoms with Gasteiger partial charge < -0.3 is 14.7 Å². The van der Waals surface area contributed by atoms with Crippen LogP contribution in [0.4, 0.5) is 4.79 Å². The predicted molar refractivity (Wildman–Crippen MR) is 71.2 cm³/mol. The molecule has 7 nitrogen and oxygen atoms in total. The van der Waals surface area contributed by atoms with Gasteiger partial charge in [-0.3, -0.25) is 10.1 Å². The van der Waals surface area contributed by atoms with Gasteiger partial charge in [-0.25, -0.2) is 9.59 Å². The van der Waals surface area contributed by atoms with Gasteiger partial charge in [-0.05, 0) is 24.7 Å². The zero-order valence-corrected chi connectivity index (χ0v) is 12.0. The van der Waals surface area contributed by atoms with Crippen LogP contribution >= 0.6 is 0 Å². The second kappa shape index (κ2) is 7.23. The van der Waals surface area contributed by atoms with Gasteiger partial charge in [-0.2, -0.15) is 0 Å². The Morgan fingerprint density at radius 1 is 1.20 bits per heavy atom. The second-order valence-corrected chi connectivity index (χ2v) is 5.74. The lowest BCUT2D eigenvalue weighted by Crippen LogP contribution is -2.44. The van der Waals surface area contributed by atoms with Crippen LogP contribution in [-0.2, 0) is 14.3 Å². The van der Waals surface area contributed by atoms with Gasteiger partial charge in [0.05, 0.1) is 0 Å². The van der Waals surface area contributed by atoms with Crippen molar-refractivity contribution >= 4 is 17.9 Å². The molecule has 20 heavy (non-hydrogen) atoms. The van der Waals surface area contributed by atoms with Crippen molar-refractivity contribution in [2.24, 2.45) is 5.41 Å². The van der Waals surface area contributed by atoms with Crippen LogP contribution < -0.4 is 5.32 Å². The molecule has 0 bridgehead atoms. The zero-order chi connectivity index (χ0) is 15.2. The van der Waals surface area contributed by atoms with Gasteiger partial charge in [-0.15, -0.1) is 0 Å². The van der Waals surface area contributed by atoms with E-state index in [4.69, 9.17) is 5.11 Å². The Morgan fingerprint density at radius 3 is 2.55 bits per heavy atom. The van der Waals surface area contributed by atoms with Crippen molar-refractivity contribution in [2.45, 2.75) is 33.1 Å². The first-order chi connectivity index (χ1) is 9.30. The van der Waals surface area contributed by atoms with Crippen molar-refractivity contribution in [1.29, 1.82) is 0 Å². The maximum Gasteiger partial charge on any atom is 0.329 e. The normalized spacial score (nSPS) is 18.2. The molecule has 0 aromatic heterocycles. The number of amides is 3. The summed E-state index contributed by atoms with van der Waals surface area (Å²) < 4.78 is 4.62. The van der Waals surface area contributed by atoms with E-state index >= 15 is 0 Å². The average molecular weight is 286 g/mol. The van der Waals surface area contributed by atoms with Crippen LogP contribution in [0.25, 0.3) is 0 Å². The molecule has 1 saturated heterocycles. The monoisotopic (exact) mass is 286 g/mol. The summed E-state index contributed by atoms with van der Waals surface area (Å²) in [5.41, 5.74) is 0.212. The quantitative estimate of drug-likeness (QED) is 0.798. The average Bonchev–Trinajstić information content (AvgIpc) is 2.49. The number of hydrogen-bond acceptors (Lipinski definition) is 4. The van der Waals surface area contributed by atoms with Crippen LogP contribution in [0, 0.1) is 5.41 Å². The van der Waals surface area contributed by atoms with E-state index in [9.17, 15) is 14.4 Å². The fourth-order valence-corrected chi connectivity index (χ4v) is 2.09. The maximum absolute atomic E-state index is 11.9. The topological polar surface area (TPSA) is 95.9 Å². The Kier molecular flexibility index (Phi) is 5.94. The van der Waals surface area contributed by atoms with E-state index in [0.29, 0.717) is 13.1 Å². The smallest absolute Gasteiger partial charge is 0.329 e. The van der Waals surface area contributed by atoms with Gasteiger partial charge >= 0.3 is 12.0 Å². The highest BCUT2D eigenvalue weighted by molar-refractivity contribution is 5.95. The van der Waals surface area contributed by atoms with Crippen LogP contribution in [0.15, 0.2) is 0 Å². The van der Waals surface area contributed by atoms with Crippen molar-refractivity contribution in [2.75, 3.05) is 26.3 Å². The molecule has 2 N–H and O–H groups in total. The molecule has 0 unspecified atom stereocenters. The number of carbonyl (C=O) groups is 3. The van der Waals surface area contributed by atoms with E-state index in [1.165, 1.54) is 0 Å². The third kappa shape index (κ3) is 6.01. The van der Waals surface area contributed by atoms with Crippen LogP contribution in [0.1, 0.15) is 33.1 Å². The Bertz CT molecular complexity index is 381. The number of ether oxygens (including phenoxy) is 1. The first-order valence-electron chi connectivity index (χ1n) is 6.68. The molecule has 1 aliphatic rings. The van der Waals surface area contributed by atoms with Crippen LogP contribution in [0.2, 0.25) is 0 Å². The lowest BCUT2D eigenvalue weighted by atomic mass is 9.85. The van der Waals surface area contributed by atoms with E-state index < -0.39 is 31.1 Å². The van der Waals surface area contributed by atoms with Crippen molar-refractivity contribution in [3.8, 4) is 0 Å². The summed E-state index contributed by atoms with van der Waals surface area (Å²) >= 11 is 0. The third-order valence-corrected chi connectivity index (χ3v) is 3.33. The summed E-state index contributed by atoms with van der Waals surface area (Å²) in [5.74, 6) is -1.78. The number of imide groups is 1. The minimum atomic E-state index is -1.15. The van der Waals surface area contributed by atoms with Gasteiger partial charge in [0.1, 0.15) is 13.2 Å². The summed E-state index contributed by atoms with van der Waals surface area (Å²) in [7, 11) is 0. The summed E-state index contributed by atoms with van der Waals surface area (Å²) in [4.78, 5) is 35.1. The molecule has 114 valence electrons. The number of carbonyl (C=O) groups excluding carboxylic acids is 2. The summed E-state index contributed by atoms with van der Waals surface area (Å²) in [6.45, 7) is 4.58. The van der Waals surface area contributed by atoms with E-state index in [2.05, 4.69) is 23.9 Å². The molecule has 0 aromatic rings. The highest BCUT2D eigenvalue weighted by atomic mass is 16.5. The molecule has 7 heteroatoms. The lowest BCUT2D eigenvalue weighted by Gasteiger charge is -2.23. The summed E-state index contributed by atoms with van der Waals surface area (Å²) in [5, 5.41) is 10.6. The number of aliphatic carboxylic acids is 1. The van der Waals surface area contributed by atoms with Crippen LogP contribution in [-0.4, -0.2) is 54.2 Å². The van der Waals surface area contributed by atoms with E-state index in [1.54, 1.807) is 4.90 Å².